The molecule has 178 valence electrons. The number of hydrogen-bond donors (Lipinski definition) is 2. The van der Waals surface area contributed by atoms with Crippen molar-refractivity contribution < 1.29 is 24.2 Å². The molecule has 3 unspecified atom stereocenters. The maximum absolute atomic E-state index is 12.2. The number of carbonyl (C=O) groups excluding carboxylic acids is 2. The van der Waals surface area contributed by atoms with Crippen LogP contribution in [0.3, 0.4) is 0 Å². The molecule has 2 aliphatic rings. The monoisotopic (exact) mass is 494 g/mol. The highest BCUT2D eigenvalue weighted by Gasteiger charge is 2.57. The van der Waals surface area contributed by atoms with Crippen molar-refractivity contribution in [1.29, 1.82) is 0 Å². The lowest BCUT2D eigenvalue weighted by Gasteiger charge is -2.25. The van der Waals surface area contributed by atoms with Crippen molar-refractivity contribution in [2.45, 2.75) is 18.5 Å². The highest BCUT2D eigenvalue weighted by Crippen LogP contribution is 2.46. The number of aliphatic hydroxyl groups is 1. The largest absolute Gasteiger partial charge is 0.494 e. The summed E-state index contributed by atoms with van der Waals surface area (Å²) in [6, 6.07) is 14.1. The topological polar surface area (TPSA) is 88.1 Å². The Morgan fingerprint density at radius 2 is 1.55 bits per heavy atom. The molecule has 9 heteroatoms. The van der Waals surface area contributed by atoms with E-state index >= 15 is 0 Å². The molecule has 0 radical (unpaired) electrons. The van der Waals surface area contributed by atoms with E-state index in [0.29, 0.717) is 40.7 Å². The first-order chi connectivity index (χ1) is 16.0. The third kappa shape index (κ3) is 7.08. The zero-order valence-corrected chi connectivity index (χ0v) is 19.8. The van der Waals surface area contributed by atoms with Crippen LogP contribution in [-0.4, -0.2) is 67.7 Å². The first-order valence-electron chi connectivity index (χ1n) is 10.7. The summed E-state index contributed by atoms with van der Waals surface area (Å²) in [7, 11) is 1.00. The van der Waals surface area contributed by atoms with Crippen molar-refractivity contribution in [1.82, 2.24) is 10.2 Å². The molecule has 2 aromatic rings. The number of rotatable bonds is 10. The Morgan fingerprint density at radius 3 is 2.06 bits per heavy atom. The number of aldehydes is 1. The van der Waals surface area contributed by atoms with Crippen LogP contribution in [0.1, 0.15) is 6.42 Å². The van der Waals surface area contributed by atoms with Gasteiger partial charge in [-0.3, -0.25) is 9.69 Å². The van der Waals surface area contributed by atoms with Gasteiger partial charge in [-0.05, 0) is 60.4 Å². The fraction of sp³-hybridized carbons (Fsp3) is 0.417. The Kier molecular flexibility index (Phi) is 9.38. The van der Waals surface area contributed by atoms with Gasteiger partial charge >= 0.3 is 0 Å². The maximum Gasteiger partial charge on any atom is 0.258 e. The van der Waals surface area contributed by atoms with Crippen LogP contribution in [0, 0.1) is 11.8 Å². The van der Waals surface area contributed by atoms with E-state index in [9.17, 15) is 9.59 Å². The molecule has 1 heterocycles. The molecule has 0 spiro atoms. The minimum Gasteiger partial charge on any atom is -0.494 e. The average molecular weight is 495 g/mol. The molecule has 1 aliphatic carbocycles. The van der Waals surface area contributed by atoms with Gasteiger partial charge in [0.2, 0.25) is 0 Å². The fourth-order valence-corrected chi connectivity index (χ4v) is 4.37. The van der Waals surface area contributed by atoms with Crippen molar-refractivity contribution in [2.75, 3.05) is 33.4 Å². The number of nitrogens with one attached hydrogen (secondary N) is 1. The van der Waals surface area contributed by atoms with E-state index < -0.39 is 0 Å². The molecule has 3 atom stereocenters. The highest BCUT2D eigenvalue weighted by molar-refractivity contribution is 6.30. The van der Waals surface area contributed by atoms with E-state index in [4.69, 9.17) is 37.8 Å². The summed E-state index contributed by atoms with van der Waals surface area (Å²) in [5, 5.41) is 11.3. The van der Waals surface area contributed by atoms with E-state index in [-0.39, 0.29) is 24.6 Å². The zero-order chi connectivity index (χ0) is 23.8. The number of piperidine rings is 1. The first kappa shape index (κ1) is 25.3. The minimum atomic E-state index is -0.176. The number of hydrogen-bond acceptors (Lipinski definition) is 6. The summed E-state index contributed by atoms with van der Waals surface area (Å²) < 4.78 is 11.2. The molecule has 4 rings (SSSR count). The van der Waals surface area contributed by atoms with E-state index in [1.54, 1.807) is 36.4 Å². The van der Waals surface area contributed by atoms with Crippen LogP contribution in [-0.2, 0) is 9.59 Å². The second kappa shape index (κ2) is 12.2. The molecular weight excluding hydrogens is 467 g/mol. The van der Waals surface area contributed by atoms with E-state index in [1.807, 2.05) is 12.1 Å². The molecule has 1 aliphatic heterocycles. The number of carbonyl (C=O) groups is 2. The molecule has 0 bridgehead atoms. The van der Waals surface area contributed by atoms with Gasteiger partial charge in [0.1, 0.15) is 17.8 Å². The summed E-state index contributed by atoms with van der Waals surface area (Å²) in [5.74, 6) is 1.99. The number of benzene rings is 2. The predicted molar refractivity (Wildman–Crippen MR) is 127 cm³/mol. The van der Waals surface area contributed by atoms with Gasteiger partial charge in [0.25, 0.3) is 5.91 Å². The number of halogens is 2. The second-order valence-electron chi connectivity index (χ2n) is 7.91. The van der Waals surface area contributed by atoms with Crippen molar-refractivity contribution in [3.63, 3.8) is 0 Å². The van der Waals surface area contributed by atoms with Crippen LogP contribution in [0.25, 0.3) is 0 Å². The lowest BCUT2D eigenvalue weighted by atomic mass is 10.2. The van der Waals surface area contributed by atoms with E-state index in [2.05, 4.69) is 10.2 Å². The van der Waals surface area contributed by atoms with Gasteiger partial charge < -0.3 is 24.7 Å². The normalized spacial score (nSPS) is 21.8. The standard InChI is InChI=1S/C23H24Cl2N2O4.CH4O/c24-15-1-5-18(6-2-15)30-10-9-17(13-28)27-11-20-21(12-27)23(20)26-22(29)14-31-19-7-3-16(25)4-8-19;1-2/h1-8,13,17,20-21,23H,9-12,14H2,(H,26,29);2H,1H3. The maximum atomic E-state index is 12.2. The predicted octanol–water partition coefficient (Wildman–Crippen LogP) is 3.06. The van der Waals surface area contributed by atoms with Crippen LogP contribution >= 0.6 is 23.2 Å². The zero-order valence-electron chi connectivity index (χ0n) is 18.3. The number of nitrogens with zero attached hydrogens (tertiary/aromatic N) is 1. The molecule has 0 aromatic heterocycles. The van der Waals surface area contributed by atoms with Gasteiger partial charge in [-0.25, -0.2) is 0 Å². The van der Waals surface area contributed by atoms with Crippen molar-refractivity contribution in [3.05, 3.63) is 58.6 Å². The van der Waals surface area contributed by atoms with Gasteiger partial charge in [-0.1, -0.05) is 23.2 Å². The van der Waals surface area contributed by atoms with E-state index in [0.717, 1.165) is 32.2 Å². The Balaban J connectivity index is 0.00000149. The molecule has 1 saturated heterocycles. The van der Waals surface area contributed by atoms with Crippen molar-refractivity contribution >= 4 is 35.4 Å². The molecule has 33 heavy (non-hydrogen) atoms. The number of likely N-dealkylation sites (tertiary alicyclic amines) is 1. The van der Waals surface area contributed by atoms with Crippen LogP contribution < -0.4 is 14.8 Å². The van der Waals surface area contributed by atoms with Crippen LogP contribution in [0.5, 0.6) is 11.5 Å². The van der Waals surface area contributed by atoms with Crippen LogP contribution in [0.2, 0.25) is 10.0 Å². The molecule has 7 nitrogen and oxygen atoms in total. The number of amides is 1. The van der Waals surface area contributed by atoms with E-state index in [1.165, 1.54) is 0 Å². The Hall–Kier alpha value is -2.32. The number of fused-ring (bicyclic) bond motifs is 1. The molecule has 2 fully saturated rings. The van der Waals surface area contributed by atoms with Crippen LogP contribution in [0.15, 0.2) is 48.5 Å². The second-order valence-corrected chi connectivity index (χ2v) is 8.78. The first-order valence-corrected chi connectivity index (χ1v) is 11.5. The quantitative estimate of drug-likeness (QED) is 0.493. The minimum absolute atomic E-state index is 0.0275. The fourth-order valence-electron chi connectivity index (χ4n) is 4.12. The van der Waals surface area contributed by atoms with Gasteiger partial charge in [0, 0.05) is 42.7 Å². The lowest BCUT2D eigenvalue weighted by Crippen LogP contribution is -2.42. The summed E-state index contributed by atoms with van der Waals surface area (Å²) in [6.45, 7) is 2.04. The molecular formula is C24H28Cl2N2O5. The SMILES string of the molecule is CO.O=CC(CCOc1ccc(Cl)cc1)N1CC2C(C1)C2NC(=O)COc1ccc(Cl)cc1. The van der Waals surface area contributed by atoms with Gasteiger partial charge in [-0.2, -0.15) is 0 Å². The highest BCUT2D eigenvalue weighted by atomic mass is 35.5. The van der Waals surface area contributed by atoms with Gasteiger partial charge in [0.05, 0.1) is 12.6 Å². The lowest BCUT2D eigenvalue weighted by molar-refractivity contribution is -0.123. The third-order valence-corrected chi connectivity index (χ3v) is 6.36. The Labute approximate surface area is 203 Å². The Morgan fingerprint density at radius 1 is 1.03 bits per heavy atom. The van der Waals surface area contributed by atoms with Gasteiger partial charge in [-0.15, -0.1) is 0 Å². The summed E-state index contributed by atoms with van der Waals surface area (Å²) in [5.41, 5.74) is 0. The average Bonchev–Trinajstić information content (AvgIpc) is 3.26. The van der Waals surface area contributed by atoms with Gasteiger partial charge in [0.15, 0.2) is 6.61 Å². The molecule has 2 N–H and O–H groups in total. The Bertz CT molecular complexity index is 898. The van der Waals surface area contributed by atoms with Crippen LogP contribution in [0.4, 0.5) is 0 Å². The molecule has 1 amide bonds. The summed E-state index contributed by atoms with van der Waals surface area (Å²) in [4.78, 5) is 25.9. The molecule has 2 aromatic carbocycles. The number of aliphatic hydroxyl groups excluding tert-OH is 1. The van der Waals surface area contributed by atoms with Crippen molar-refractivity contribution in [3.8, 4) is 11.5 Å². The molecule has 1 saturated carbocycles. The smallest absolute Gasteiger partial charge is 0.258 e. The summed E-state index contributed by atoms with van der Waals surface area (Å²) >= 11 is 11.7. The summed E-state index contributed by atoms with van der Waals surface area (Å²) in [6.07, 6.45) is 1.61. The third-order valence-electron chi connectivity index (χ3n) is 5.86. The number of ether oxygens (including phenoxy) is 2. The van der Waals surface area contributed by atoms with Crippen molar-refractivity contribution in [2.24, 2.45) is 11.8 Å².